The summed E-state index contributed by atoms with van der Waals surface area (Å²) in [6.45, 7) is 3.02. The van der Waals surface area contributed by atoms with Crippen molar-refractivity contribution >= 4 is 17.5 Å². The molecule has 2 aromatic rings. The van der Waals surface area contributed by atoms with Crippen LogP contribution in [-0.4, -0.2) is 53.9 Å². The Morgan fingerprint density at radius 3 is 2.71 bits per heavy atom. The Kier molecular flexibility index (Phi) is 7.19. The molecular weight excluding hydrogens is 380 g/mol. The number of hydrogen-bond acceptors (Lipinski definition) is 5. The third kappa shape index (κ3) is 4.98. The number of rotatable bonds is 8. The smallest absolute Gasteiger partial charge is 0.271 e. The normalized spacial score (nSPS) is 15.5. The summed E-state index contributed by atoms with van der Waals surface area (Å²) in [5.74, 6) is -0.317. The number of nitrogens with one attached hydrogen (secondary N) is 1. The van der Waals surface area contributed by atoms with Crippen LogP contribution in [0.15, 0.2) is 41.2 Å². The number of hydrogen-bond donors (Lipinski definition) is 1. The van der Waals surface area contributed by atoms with Gasteiger partial charge in [0.15, 0.2) is 0 Å². The zero-order valence-electron chi connectivity index (χ0n) is 15.9. The summed E-state index contributed by atoms with van der Waals surface area (Å²) in [6.07, 6.45) is 2.28. The maximum Gasteiger partial charge on any atom is 0.271 e. The first-order chi connectivity index (χ1) is 13.6. The minimum Gasteiger partial charge on any atom is -0.383 e. The van der Waals surface area contributed by atoms with Crippen LogP contribution in [-0.2, 0) is 11.3 Å². The number of carbonyl (C=O) groups is 1. The predicted octanol–water partition coefficient (Wildman–Crippen LogP) is 2.11. The fourth-order valence-electron chi connectivity index (χ4n) is 3.42. The topological polar surface area (TPSA) is 76.5 Å². The van der Waals surface area contributed by atoms with Crippen LogP contribution >= 0.6 is 11.6 Å². The van der Waals surface area contributed by atoms with Crippen LogP contribution in [0.2, 0.25) is 5.02 Å². The van der Waals surface area contributed by atoms with Gasteiger partial charge in [0.05, 0.1) is 19.2 Å². The van der Waals surface area contributed by atoms with Crippen molar-refractivity contribution in [3.8, 4) is 0 Å². The van der Waals surface area contributed by atoms with Gasteiger partial charge in [-0.2, -0.15) is 5.10 Å². The van der Waals surface area contributed by atoms with Crippen molar-refractivity contribution in [3.05, 3.63) is 63.0 Å². The summed E-state index contributed by atoms with van der Waals surface area (Å²) in [4.78, 5) is 26.8. The van der Waals surface area contributed by atoms with Gasteiger partial charge in [0.2, 0.25) is 0 Å². The molecule has 1 atom stereocenters. The molecule has 2 heterocycles. The van der Waals surface area contributed by atoms with Crippen LogP contribution in [0.25, 0.3) is 0 Å². The molecule has 0 bridgehead atoms. The average molecular weight is 405 g/mol. The molecule has 1 N–H and O–H groups in total. The number of amides is 1. The Labute approximate surface area is 169 Å². The van der Waals surface area contributed by atoms with E-state index >= 15 is 0 Å². The number of nitrogens with zero attached hydrogens (tertiary/aromatic N) is 3. The zero-order valence-corrected chi connectivity index (χ0v) is 16.7. The number of ether oxygens (including phenoxy) is 1. The van der Waals surface area contributed by atoms with Gasteiger partial charge in [-0.1, -0.05) is 29.8 Å². The Balaban J connectivity index is 1.73. The first-order valence-corrected chi connectivity index (χ1v) is 9.81. The van der Waals surface area contributed by atoms with Crippen molar-refractivity contribution in [2.75, 3.05) is 33.4 Å². The van der Waals surface area contributed by atoms with Gasteiger partial charge in [-0.3, -0.25) is 14.5 Å². The van der Waals surface area contributed by atoms with Gasteiger partial charge in [0.1, 0.15) is 5.69 Å². The highest BCUT2D eigenvalue weighted by atomic mass is 35.5. The third-order valence-corrected chi connectivity index (χ3v) is 5.25. The largest absolute Gasteiger partial charge is 0.383 e. The van der Waals surface area contributed by atoms with Crippen molar-refractivity contribution in [1.82, 2.24) is 20.0 Å². The maximum absolute atomic E-state index is 12.6. The van der Waals surface area contributed by atoms with E-state index in [4.69, 9.17) is 16.3 Å². The summed E-state index contributed by atoms with van der Waals surface area (Å²) in [6, 6.07) is 10.5. The molecule has 1 aromatic carbocycles. The highest BCUT2D eigenvalue weighted by Gasteiger charge is 2.25. The van der Waals surface area contributed by atoms with E-state index in [0.717, 1.165) is 31.5 Å². The van der Waals surface area contributed by atoms with Gasteiger partial charge in [-0.05, 0) is 43.6 Å². The van der Waals surface area contributed by atoms with Gasteiger partial charge in [0.25, 0.3) is 11.5 Å². The number of carbonyl (C=O) groups excluding carboxylic acids is 1. The molecule has 0 saturated carbocycles. The summed E-state index contributed by atoms with van der Waals surface area (Å²) in [5, 5.41) is 7.80. The lowest BCUT2D eigenvalue weighted by atomic mass is 10.1. The molecule has 1 aromatic heterocycles. The molecule has 1 aliphatic rings. The SMILES string of the molecule is COCCn1nc(C(=O)NC[C@@H](c2ccccc2Cl)N2CCCC2)ccc1=O. The number of benzene rings is 1. The zero-order chi connectivity index (χ0) is 19.9. The summed E-state index contributed by atoms with van der Waals surface area (Å²) in [7, 11) is 1.55. The van der Waals surface area contributed by atoms with Crippen LogP contribution in [0.5, 0.6) is 0 Å². The third-order valence-electron chi connectivity index (χ3n) is 4.91. The van der Waals surface area contributed by atoms with Crippen molar-refractivity contribution in [2.24, 2.45) is 0 Å². The molecule has 0 unspecified atom stereocenters. The molecule has 7 nitrogen and oxygen atoms in total. The summed E-state index contributed by atoms with van der Waals surface area (Å²) in [5.41, 5.74) is 0.944. The first-order valence-electron chi connectivity index (χ1n) is 9.44. The highest BCUT2D eigenvalue weighted by molar-refractivity contribution is 6.31. The molecule has 1 aliphatic heterocycles. The van der Waals surface area contributed by atoms with E-state index in [-0.39, 0.29) is 23.2 Å². The van der Waals surface area contributed by atoms with Crippen molar-refractivity contribution in [3.63, 3.8) is 0 Å². The van der Waals surface area contributed by atoms with Crippen LogP contribution in [0.1, 0.15) is 34.9 Å². The lowest BCUT2D eigenvalue weighted by Gasteiger charge is -2.28. The van der Waals surface area contributed by atoms with E-state index < -0.39 is 0 Å². The Morgan fingerprint density at radius 2 is 2.00 bits per heavy atom. The van der Waals surface area contributed by atoms with Gasteiger partial charge < -0.3 is 10.1 Å². The molecule has 1 fully saturated rings. The van der Waals surface area contributed by atoms with Crippen molar-refractivity contribution in [1.29, 1.82) is 0 Å². The molecule has 1 amide bonds. The van der Waals surface area contributed by atoms with Crippen molar-refractivity contribution < 1.29 is 9.53 Å². The van der Waals surface area contributed by atoms with Crippen LogP contribution < -0.4 is 10.9 Å². The Morgan fingerprint density at radius 1 is 1.25 bits per heavy atom. The molecular formula is C20H25ClN4O3. The monoisotopic (exact) mass is 404 g/mol. The van der Waals surface area contributed by atoms with Gasteiger partial charge in [-0.15, -0.1) is 0 Å². The van der Waals surface area contributed by atoms with Gasteiger partial charge >= 0.3 is 0 Å². The molecule has 150 valence electrons. The van der Waals surface area contributed by atoms with E-state index in [9.17, 15) is 9.59 Å². The molecule has 0 aliphatic carbocycles. The number of halogens is 1. The highest BCUT2D eigenvalue weighted by Crippen LogP contribution is 2.29. The minimum absolute atomic E-state index is 0.000420. The van der Waals surface area contributed by atoms with Gasteiger partial charge in [-0.25, -0.2) is 4.68 Å². The fourth-order valence-corrected chi connectivity index (χ4v) is 3.68. The lowest BCUT2D eigenvalue weighted by Crippen LogP contribution is -2.38. The number of aromatic nitrogens is 2. The molecule has 0 radical (unpaired) electrons. The molecule has 1 saturated heterocycles. The second kappa shape index (κ2) is 9.82. The summed E-state index contributed by atoms with van der Waals surface area (Å²) >= 11 is 6.41. The van der Waals surface area contributed by atoms with E-state index in [1.54, 1.807) is 7.11 Å². The summed E-state index contributed by atoms with van der Waals surface area (Å²) < 4.78 is 6.22. The number of methoxy groups -OCH3 is 1. The van der Waals surface area contributed by atoms with E-state index in [1.807, 2.05) is 24.3 Å². The Hall–Kier alpha value is -2.22. The second-order valence-electron chi connectivity index (χ2n) is 6.76. The average Bonchev–Trinajstić information content (AvgIpc) is 3.23. The standard InChI is InChI=1S/C20H25ClN4O3/c1-28-13-12-25-19(26)9-8-17(23-25)20(27)22-14-18(24-10-4-5-11-24)15-6-2-3-7-16(15)21/h2-3,6-9,18H,4-5,10-14H2,1H3,(H,22,27)/t18-/m0/s1. The molecule has 28 heavy (non-hydrogen) atoms. The molecule has 8 heteroatoms. The Bertz CT molecular complexity index is 865. The fraction of sp³-hybridized carbons (Fsp3) is 0.450. The van der Waals surface area contributed by atoms with E-state index in [2.05, 4.69) is 15.3 Å². The predicted molar refractivity (Wildman–Crippen MR) is 108 cm³/mol. The first kappa shape index (κ1) is 20.5. The minimum atomic E-state index is -0.317. The van der Waals surface area contributed by atoms with Crippen molar-refractivity contribution in [2.45, 2.75) is 25.4 Å². The van der Waals surface area contributed by atoms with Crippen LogP contribution in [0.4, 0.5) is 0 Å². The van der Waals surface area contributed by atoms with E-state index in [1.165, 1.54) is 16.8 Å². The second-order valence-corrected chi connectivity index (χ2v) is 7.17. The number of likely N-dealkylation sites (tertiary alicyclic amines) is 1. The van der Waals surface area contributed by atoms with E-state index in [0.29, 0.717) is 24.7 Å². The lowest BCUT2D eigenvalue weighted by molar-refractivity contribution is 0.0929. The van der Waals surface area contributed by atoms with Gasteiger partial charge in [0, 0.05) is 24.7 Å². The molecule has 0 spiro atoms. The quantitative estimate of drug-likeness (QED) is 0.729. The molecule has 3 rings (SSSR count). The maximum atomic E-state index is 12.6. The van der Waals surface area contributed by atoms with Crippen LogP contribution in [0, 0.1) is 0 Å². The van der Waals surface area contributed by atoms with Crippen LogP contribution in [0.3, 0.4) is 0 Å².